The van der Waals surface area contributed by atoms with Gasteiger partial charge in [0, 0.05) is 32.0 Å². The highest BCUT2D eigenvalue weighted by Crippen LogP contribution is 2.23. The van der Waals surface area contributed by atoms with Crippen LogP contribution in [0.15, 0.2) is 24.7 Å². The van der Waals surface area contributed by atoms with Crippen LogP contribution in [0.2, 0.25) is 5.02 Å². The standard InChI is InChI=1S/C15H19ClN6O2/c16-13-7-11(14(17)23)8-18-15(13)20-12-9-19-22(10-12)2-1-21-3-5-24-6-4-21/h7-10H,1-6H2,(H2,17,23)(H,18,20). The van der Waals surface area contributed by atoms with E-state index in [1.54, 1.807) is 6.20 Å². The Hall–Kier alpha value is -2.16. The van der Waals surface area contributed by atoms with Crippen LogP contribution >= 0.6 is 11.6 Å². The molecular formula is C15H19ClN6O2. The quantitative estimate of drug-likeness (QED) is 0.809. The molecule has 1 amide bonds. The second-order valence-electron chi connectivity index (χ2n) is 5.49. The van der Waals surface area contributed by atoms with Crippen molar-refractivity contribution in [3.8, 4) is 0 Å². The third-order valence-corrected chi connectivity index (χ3v) is 4.06. The molecule has 3 rings (SSSR count). The van der Waals surface area contributed by atoms with Crippen molar-refractivity contribution in [3.63, 3.8) is 0 Å². The molecule has 9 heteroatoms. The van der Waals surface area contributed by atoms with Gasteiger partial charge in [-0.3, -0.25) is 14.4 Å². The molecule has 2 aromatic heterocycles. The summed E-state index contributed by atoms with van der Waals surface area (Å²) in [6, 6.07) is 1.49. The minimum atomic E-state index is -0.563. The highest BCUT2D eigenvalue weighted by molar-refractivity contribution is 6.33. The van der Waals surface area contributed by atoms with Gasteiger partial charge >= 0.3 is 0 Å². The van der Waals surface area contributed by atoms with Crippen molar-refractivity contribution in [2.75, 3.05) is 38.2 Å². The lowest BCUT2D eigenvalue weighted by molar-refractivity contribution is 0.0360. The Morgan fingerprint density at radius 2 is 2.12 bits per heavy atom. The number of primary amides is 1. The lowest BCUT2D eigenvalue weighted by Gasteiger charge is -2.26. The summed E-state index contributed by atoms with van der Waals surface area (Å²) in [5.41, 5.74) is 6.25. The zero-order chi connectivity index (χ0) is 16.9. The molecule has 3 N–H and O–H groups in total. The summed E-state index contributed by atoms with van der Waals surface area (Å²) in [6.45, 7) is 5.21. The summed E-state index contributed by atoms with van der Waals surface area (Å²) >= 11 is 6.11. The van der Waals surface area contributed by atoms with Crippen molar-refractivity contribution in [2.45, 2.75) is 6.54 Å². The van der Waals surface area contributed by atoms with E-state index in [1.807, 2.05) is 10.9 Å². The Bertz CT molecular complexity index is 714. The number of nitrogens with zero attached hydrogens (tertiary/aromatic N) is 4. The zero-order valence-electron chi connectivity index (χ0n) is 13.1. The van der Waals surface area contributed by atoms with Gasteiger partial charge in [-0.25, -0.2) is 4.98 Å². The predicted molar refractivity (Wildman–Crippen MR) is 90.5 cm³/mol. The van der Waals surface area contributed by atoms with E-state index in [0.29, 0.717) is 10.8 Å². The summed E-state index contributed by atoms with van der Waals surface area (Å²) < 4.78 is 7.20. The Morgan fingerprint density at radius 3 is 2.83 bits per heavy atom. The Balaban J connectivity index is 1.58. The number of rotatable bonds is 6. The minimum absolute atomic E-state index is 0.270. The van der Waals surface area contributed by atoms with E-state index in [-0.39, 0.29) is 5.56 Å². The highest BCUT2D eigenvalue weighted by atomic mass is 35.5. The number of pyridine rings is 1. The number of hydrogen-bond acceptors (Lipinski definition) is 6. The van der Waals surface area contributed by atoms with Gasteiger partial charge in [0.25, 0.3) is 0 Å². The molecule has 0 radical (unpaired) electrons. The fraction of sp³-hybridized carbons (Fsp3) is 0.400. The van der Waals surface area contributed by atoms with Crippen molar-refractivity contribution in [1.29, 1.82) is 0 Å². The van der Waals surface area contributed by atoms with E-state index in [2.05, 4.69) is 20.3 Å². The Labute approximate surface area is 144 Å². The Morgan fingerprint density at radius 1 is 1.33 bits per heavy atom. The topological polar surface area (TPSA) is 98.3 Å². The molecule has 2 aromatic rings. The van der Waals surface area contributed by atoms with Crippen molar-refractivity contribution in [1.82, 2.24) is 19.7 Å². The van der Waals surface area contributed by atoms with E-state index in [1.165, 1.54) is 12.3 Å². The summed E-state index contributed by atoms with van der Waals surface area (Å²) in [7, 11) is 0. The molecule has 0 spiro atoms. The first-order valence-electron chi connectivity index (χ1n) is 7.67. The van der Waals surface area contributed by atoms with Gasteiger partial charge in [-0.15, -0.1) is 0 Å². The molecule has 0 bridgehead atoms. The lowest BCUT2D eigenvalue weighted by atomic mass is 10.2. The number of ether oxygens (including phenoxy) is 1. The summed E-state index contributed by atoms with van der Waals surface area (Å²) in [6.07, 6.45) is 4.99. The molecule has 1 saturated heterocycles. The number of anilines is 2. The van der Waals surface area contributed by atoms with Gasteiger partial charge in [0.15, 0.2) is 0 Å². The van der Waals surface area contributed by atoms with Crippen LogP contribution in [0.1, 0.15) is 10.4 Å². The molecule has 128 valence electrons. The summed E-state index contributed by atoms with van der Waals surface area (Å²) in [4.78, 5) is 17.6. The molecule has 1 aliphatic heterocycles. The van der Waals surface area contributed by atoms with E-state index in [4.69, 9.17) is 22.1 Å². The molecule has 0 aliphatic carbocycles. The van der Waals surface area contributed by atoms with Gasteiger partial charge in [0.05, 0.1) is 42.2 Å². The molecule has 0 aromatic carbocycles. The van der Waals surface area contributed by atoms with Crippen molar-refractivity contribution in [3.05, 3.63) is 35.2 Å². The van der Waals surface area contributed by atoms with Gasteiger partial charge in [-0.05, 0) is 6.07 Å². The molecule has 8 nitrogen and oxygen atoms in total. The van der Waals surface area contributed by atoms with Gasteiger partial charge in [0.2, 0.25) is 5.91 Å². The number of hydrogen-bond donors (Lipinski definition) is 2. The molecule has 0 atom stereocenters. The third-order valence-electron chi connectivity index (χ3n) is 3.77. The van der Waals surface area contributed by atoms with Gasteiger partial charge in [0.1, 0.15) is 5.82 Å². The fourth-order valence-corrected chi connectivity index (χ4v) is 2.63. The van der Waals surface area contributed by atoms with Crippen LogP contribution in [0.25, 0.3) is 0 Å². The molecule has 3 heterocycles. The Kier molecular flexibility index (Phi) is 5.29. The van der Waals surface area contributed by atoms with Crippen molar-refractivity contribution in [2.24, 2.45) is 5.73 Å². The van der Waals surface area contributed by atoms with Crippen LogP contribution in [0.4, 0.5) is 11.5 Å². The highest BCUT2D eigenvalue weighted by Gasteiger charge is 2.11. The third kappa shape index (κ3) is 4.22. The van der Waals surface area contributed by atoms with E-state index in [0.717, 1.165) is 45.1 Å². The average molecular weight is 351 g/mol. The number of amides is 1. The number of halogens is 1. The van der Waals surface area contributed by atoms with Crippen LogP contribution in [0.3, 0.4) is 0 Å². The van der Waals surface area contributed by atoms with Crippen LogP contribution in [0.5, 0.6) is 0 Å². The smallest absolute Gasteiger partial charge is 0.250 e. The van der Waals surface area contributed by atoms with Crippen molar-refractivity contribution < 1.29 is 9.53 Å². The number of carbonyl (C=O) groups is 1. The molecule has 0 saturated carbocycles. The molecule has 1 aliphatic rings. The first kappa shape index (κ1) is 16.7. The van der Waals surface area contributed by atoms with Crippen molar-refractivity contribution >= 4 is 29.0 Å². The molecule has 0 unspecified atom stereocenters. The zero-order valence-corrected chi connectivity index (χ0v) is 13.9. The lowest BCUT2D eigenvalue weighted by Crippen LogP contribution is -2.38. The average Bonchev–Trinajstić information content (AvgIpc) is 3.03. The molecular weight excluding hydrogens is 332 g/mol. The summed E-state index contributed by atoms with van der Waals surface area (Å²) in [5, 5.41) is 7.73. The first-order chi connectivity index (χ1) is 11.6. The first-order valence-corrected chi connectivity index (χ1v) is 8.04. The van der Waals surface area contributed by atoms with Crippen LogP contribution < -0.4 is 11.1 Å². The largest absolute Gasteiger partial charge is 0.379 e. The van der Waals surface area contributed by atoms with E-state index >= 15 is 0 Å². The van der Waals surface area contributed by atoms with Crippen LogP contribution in [-0.4, -0.2) is 58.4 Å². The molecule has 1 fully saturated rings. The minimum Gasteiger partial charge on any atom is -0.379 e. The van der Waals surface area contributed by atoms with E-state index in [9.17, 15) is 4.79 Å². The summed E-state index contributed by atoms with van der Waals surface area (Å²) in [5.74, 6) is -0.110. The number of nitrogens with two attached hydrogens (primary N) is 1. The van der Waals surface area contributed by atoms with E-state index < -0.39 is 5.91 Å². The van der Waals surface area contributed by atoms with Gasteiger partial charge in [-0.1, -0.05) is 11.6 Å². The molecule has 24 heavy (non-hydrogen) atoms. The number of morpholine rings is 1. The van der Waals surface area contributed by atoms with Gasteiger partial charge in [-0.2, -0.15) is 5.10 Å². The fourth-order valence-electron chi connectivity index (χ4n) is 2.42. The SMILES string of the molecule is NC(=O)c1cnc(Nc2cnn(CCN3CCOCC3)c2)c(Cl)c1. The predicted octanol–water partition coefficient (Wildman–Crippen LogP) is 1.11. The maximum absolute atomic E-state index is 11.1. The number of nitrogens with one attached hydrogen (secondary N) is 1. The number of carbonyl (C=O) groups excluding carboxylic acids is 1. The van der Waals surface area contributed by atoms with Crippen LogP contribution in [-0.2, 0) is 11.3 Å². The number of aromatic nitrogens is 3. The maximum atomic E-state index is 11.1. The maximum Gasteiger partial charge on any atom is 0.250 e. The monoisotopic (exact) mass is 350 g/mol. The second kappa shape index (κ2) is 7.61. The second-order valence-corrected chi connectivity index (χ2v) is 5.90. The van der Waals surface area contributed by atoms with Crippen LogP contribution in [0, 0.1) is 0 Å². The normalized spacial score (nSPS) is 15.4. The van der Waals surface area contributed by atoms with Gasteiger partial charge < -0.3 is 15.8 Å².